The van der Waals surface area contributed by atoms with Crippen LogP contribution in [-0.2, 0) is 9.59 Å². The van der Waals surface area contributed by atoms with Crippen molar-refractivity contribution in [3.8, 4) is 0 Å². The average Bonchev–Trinajstić information content (AvgIpc) is 2.21. The maximum atomic E-state index is 10.7. The van der Waals surface area contributed by atoms with Gasteiger partial charge in [0.1, 0.15) is 0 Å². The SMILES string of the molecule is CC(=CCCCCC=C(C)C(N)=O)C(N)=O. The standard InChI is InChI=1S/C12H20N2O2/c1-9(11(13)15)7-5-3-4-6-8-10(2)12(14)16/h7-8H,3-6H2,1-2H3,(H2,13,15)(H2,14,16). The molecule has 0 saturated heterocycles. The minimum atomic E-state index is -0.371. The molecule has 0 aromatic carbocycles. The molecule has 0 heterocycles. The van der Waals surface area contributed by atoms with E-state index in [1.165, 1.54) is 0 Å². The van der Waals surface area contributed by atoms with Gasteiger partial charge in [-0.25, -0.2) is 0 Å². The van der Waals surface area contributed by atoms with Gasteiger partial charge in [-0.2, -0.15) is 0 Å². The smallest absolute Gasteiger partial charge is 0.244 e. The van der Waals surface area contributed by atoms with Crippen LogP contribution in [0.4, 0.5) is 0 Å². The van der Waals surface area contributed by atoms with Gasteiger partial charge in [0.15, 0.2) is 0 Å². The van der Waals surface area contributed by atoms with Crippen molar-refractivity contribution < 1.29 is 9.59 Å². The Morgan fingerprint density at radius 1 is 0.875 bits per heavy atom. The molecule has 0 saturated carbocycles. The quantitative estimate of drug-likeness (QED) is 0.506. The lowest BCUT2D eigenvalue weighted by Crippen LogP contribution is -2.11. The molecule has 0 aliphatic carbocycles. The van der Waals surface area contributed by atoms with Crippen molar-refractivity contribution in [1.29, 1.82) is 0 Å². The Morgan fingerprint density at radius 2 is 1.19 bits per heavy atom. The molecule has 0 aromatic heterocycles. The van der Waals surface area contributed by atoms with Crippen LogP contribution in [0, 0.1) is 0 Å². The first-order valence-electron chi connectivity index (χ1n) is 5.38. The molecule has 0 bridgehead atoms. The van der Waals surface area contributed by atoms with E-state index < -0.39 is 0 Å². The molecule has 0 aliphatic rings. The summed E-state index contributed by atoms with van der Waals surface area (Å²) in [5.41, 5.74) is 11.4. The fraction of sp³-hybridized carbons (Fsp3) is 0.500. The zero-order chi connectivity index (χ0) is 12.6. The van der Waals surface area contributed by atoms with Gasteiger partial charge in [0, 0.05) is 11.1 Å². The van der Waals surface area contributed by atoms with Crippen molar-refractivity contribution in [2.45, 2.75) is 39.5 Å². The highest BCUT2D eigenvalue weighted by atomic mass is 16.1. The summed E-state index contributed by atoms with van der Waals surface area (Å²) in [6.07, 6.45) is 7.27. The van der Waals surface area contributed by atoms with Gasteiger partial charge in [-0.1, -0.05) is 12.2 Å². The monoisotopic (exact) mass is 224 g/mol. The predicted molar refractivity (Wildman–Crippen MR) is 64.4 cm³/mol. The summed E-state index contributed by atoms with van der Waals surface area (Å²) in [4.78, 5) is 21.4. The summed E-state index contributed by atoms with van der Waals surface area (Å²) in [5.74, 6) is -0.742. The zero-order valence-electron chi connectivity index (χ0n) is 9.95. The fourth-order valence-corrected chi connectivity index (χ4v) is 1.13. The van der Waals surface area contributed by atoms with Gasteiger partial charge in [-0.3, -0.25) is 9.59 Å². The predicted octanol–water partition coefficient (Wildman–Crippen LogP) is 1.41. The first kappa shape index (κ1) is 14.4. The van der Waals surface area contributed by atoms with E-state index in [-0.39, 0.29) is 11.8 Å². The lowest BCUT2D eigenvalue weighted by Gasteiger charge is -1.97. The number of hydrogen-bond acceptors (Lipinski definition) is 2. The molecule has 0 atom stereocenters. The zero-order valence-corrected chi connectivity index (χ0v) is 9.95. The van der Waals surface area contributed by atoms with Crippen molar-refractivity contribution in [2.75, 3.05) is 0 Å². The van der Waals surface area contributed by atoms with Crippen LogP contribution in [0.2, 0.25) is 0 Å². The Morgan fingerprint density at radius 3 is 1.44 bits per heavy atom. The Hall–Kier alpha value is -1.58. The van der Waals surface area contributed by atoms with Crippen molar-refractivity contribution in [3.05, 3.63) is 23.3 Å². The molecule has 0 rings (SSSR count). The molecule has 16 heavy (non-hydrogen) atoms. The highest BCUT2D eigenvalue weighted by molar-refractivity contribution is 5.91. The van der Waals surface area contributed by atoms with E-state index in [9.17, 15) is 9.59 Å². The summed E-state index contributed by atoms with van der Waals surface area (Å²) < 4.78 is 0. The molecule has 2 amide bonds. The van der Waals surface area contributed by atoms with Crippen LogP contribution in [0.3, 0.4) is 0 Å². The third kappa shape index (κ3) is 6.81. The Balaban J connectivity index is 3.70. The van der Waals surface area contributed by atoms with Crippen molar-refractivity contribution >= 4 is 11.8 Å². The topological polar surface area (TPSA) is 86.2 Å². The van der Waals surface area contributed by atoms with Crippen molar-refractivity contribution in [2.24, 2.45) is 11.5 Å². The first-order valence-corrected chi connectivity index (χ1v) is 5.38. The number of unbranched alkanes of at least 4 members (excludes halogenated alkanes) is 3. The highest BCUT2D eigenvalue weighted by Crippen LogP contribution is 2.05. The van der Waals surface area contributed by atoms with Gasteiger partial charge >= 0.3 is 0 Å². The summed E-state index contributed by atoms with van der Waals surface area (Å²) >= 11 is 0. The van der Waals surface area contributed by atoms with E-state index >= 15 is 0 Å². The second-order valence-electron chi connectivity index (χ2n) is 3.79. The average molecular weight is 224 g/mol. The number of carbonyl (C=O) groups is 2. The Bertz CT molecular complexity index is 285. The molecule has 4 N–H and O–H groups in total. The lowest BCUT2D eigenvalue weighted by atomic mass is 10.1. The van der Waals surface area contributed by atoms with Crippen LogP contribution < -0.4 is 11.5 Å². The van der Waals surface area contributed by atoms with Gasteiger partial charge in [0.2, 0.25) is 11.8 Å². The summed E-state index contributed by atoms with van der Waals surface area (Å²) in [5, 5.41) is 0. The summed E-state index contributed by atoms with van der Waals surface area (Å²) in [6, 6.07) is 0. The molecule has 4 heteroatoms. The molecule has 0 unspecified atom stereocenters. The molecule has 0 radical (unpaired) electrons. The normalized spacial score (nSPS) is 12.6. The maximum Gasteiger partial charge on any atom is 0.244 e. The molecule has 4 nitrogen and oxygen atoms in total. The van der Waals surface area contributed by atoms with E-state index in [1.807, 2.05) is 12.2 Å². The second kappa shape index (κ2) is 7.68. The molecular weight excluding hydrogens is 204 g/mol. The highest BCUT2D eigenvalue weighted by Gasteiger charge is 1.96. The van der Waals surface area contributed by atoms with E-state index in [2.05, 4.69) is 0 Å². The van der Waals surface area contributed by atoms with Gasteiger partial charge in [-0.05, 0) is 39.5 Å². The second-order valence-corrected chi connectivity index (χ2v) is 3.79. The number of nitrogens with two attached hydrogens (primary N) is 2. The summed E-state index contributed by atoms with van der Waals surface area (Å²) in [7, 11) is 0. The molecule has 0 fully saturated rings. The molecule has 0 aromatic rings. The van der Waals surface area contributed by atoms with Crippen molar-refractivity contribution in [1.82, 2.24) is 0 Å². The number of primary amides is 2. The lowest BCUT2D eigenvalue weighted by molar-refractivity contribution is -0.115. The van der Waals surface area contributed by atoms with Crippen LogP contribution in [0.25, 0.3) is 0 Å². The molecule has 90 valence electrons. The number of hydrogen-bond donors (Lipinski definition) is 2. The molecular formula is C12H20N2O2. The van der Waals surface area contributed by atoms with E-state index in [0.29, 0.717) is 11.1 Å². The maximum absolute atomic E-state index is 10.7. The van der Waals surface area contributed by atoms with Crippen LogP contribution in [0.15, 0.2) is 23.3 Å². The largest absolute Gasteiger partial charge is 0.366 e. The van der Waals surface area contributed by atoms with Crippen molar-refractivity contribution in [3.63, 3.8) is 0 Å². The van der Waals surface area contributed by atoms with Crippen LogP contribution in [-0.4, -0.2) is 11.8 Å². The Labute approximate surface area is 96.4 Å². The first-order chi connectivity index (χ1) is 7.45. The van der Waals surface area contributed by atoms with Gasteiger partial charge in [-0.15, -0.1) is 0 Å². The summed E-state index contributed by atoms with van der Waals surface area (Å²) in [6.45, 7) is 3.42. The van der Waals surface area contributed by atoms with Crippen LogP contribution in [0.5, 0.6) is 0 Å². The Kier molecular flexibility index (Phi) is 6.92. The van der Waals surface area contributed by atoms with Gasteiger partial charge in [0.05, 0.1) is 0 Å². The molecule has 0 spiro atoms. The van der Waals surface area contributed by atoms with E-state index in [1.54, 1.807) is 13.8 Å². The van der Waals surface area contributed by atoms with Crippen LogP contribution in [0.1, 0.15) is 39.5 Å². The minimum Gasteiger partial charge on any atom is -0.366 e. The van der Waals surface area contributed by atoms with Gasteiger partial charge < -0.3 is 11.5 Å². The number of rotatable bonds is 7. The minimum absolute atomic E-state index is 0.371. The van der Waals surface area contributed by atoms with E-state index in [4.69, 9.17) is 11.5 Å². The van der Waals surface area contributed by atoms with Crippen LogP contribution >= 0.6 is 0 Å². The number of allylic oxidation sites excluding steroid dienone is 2. The molecule has 0 aliphatic heterocycles. The third-order valence-corrected chi connectivity index (χ3v) is 2.34. The van der Waals surface area contributed by atoms with Gasteiger partial charge in [0.25, 0.3) is 0 Å². The fourth-order valence-electron chi connectivity index (χ4n) is 1.13. The number of carbonyl (C=O) groups excluding carboxylic acids is 2. The number of amides is 2. The van der Waals surface area contributed by atoms with E-state index in [0.717, 1.165) is 25.7 Å². The third-order valence-electron chi connectivity index (χ3n) is 2.34.